The molecule has 1 fully saturated rings. The van der Waals surface area contributed by atoms with E-state index in [2.05, 4.69) is 64.8 Å². The van der Waals surface area contributed by atoms with Crippen LogP contribution in [-0.2, 0) is 0 Å². The molecule has 1 aliphatic rings. The number of hydrogen-bond acceptors (Lipinski definition) is 4. The molecule has 0 radical (unpaired) electrons. The van der Waals surface area contributed by atoms with Gasteiger partial charge in [-0.05, 0) is 39.4 Å². The molecule has 0 aromatic carbocycles. The Morgan fingerprint density at radius 2 is 1.96 bits per heavy atom. The van der Waals surface area contributed by atoms with Gasteiger partial charge in [0, 0.05) is 51.5 Å². The lowest BCUT2D eigenvalue weighted by Gasteiger charge is -2.37. The van der Waals surface area contributed by atoms with Gasteiger partial charge in [-0.15, -0.1) is 24.0 Å². The number of aromatic nitrogens is 1. The predicted octanol–water partition coefficient (Wildman–Crippen LogP) is 2.52. The van der Waals surface area contributed by atoms with Crippen LogP contribution in [0.15, 0.2) is 29.4 Å². The molecule has 1 aromatic heterocycles. The maximum Gasteiger partial charge on any atom is 0.194 e. The number of nitrogens with one attached hydrogen (secondary N) is 1. The molecule has 1 saturated heterocycles. The summed E-state index contributed by atoms with van der Waals surface area (Å²) < 4.78 is 0. The number of hydrogen-bond donors (Lipinski definition) is 1. The van der Waals surface area contributed by atoms with Crippen LogP contribution in [0.2, 0.25) is 0 Å². The van der Waals surface area contributed by atoms with Crippen molar-refractivity contribution in [3.8, 4) is 0 Å². The molecule has 148 valence electrons. The maximum atomic E-state index is 4.86. The average Bonchev–Trinajstić information content (AvgIpc) is 2.65. The Morgan fingerprint density at radius 1 is 1.23 bits per heavy atom. The van der Waals surface area contributed by atoms with Gasteiger partial charge in [0.1, 0.15) is 5.82 Å². The van der Waals surface area contributed by atoms with Gasteiger partial charge in [0.05, 0.1) is 6.54 Å². The summed E-state index contributed by atoms with van der Waals surface area (Å²) in [5.74, 6) is 2.11. The van der Waals surface area contributed by atoms with Crippen molar-refractivity contribution in [3.05, 3.63) is 24.4 Å². The largest absolute Gasteiger partial charge is 0.357 e. The Balaban J connectivity index is 0.00000338. The van der Waals surface area contributed by atoms with Crippen molar-refractivity contribution in [1.29, 1.82) is 0 Å². The maximum absolute atomic E-state index is 4.86. The Hall–Kier alpha value is -1.09. The molecule has 7 heteroatoms. The predicted molar refractivity (Wildman–Crippen MR) is 122 cm³/mol. The first-order valence-corrected chi connectivity index (χ1v) is 9.59. The Labute approximate surface area is 176 Å². The van der Waals surface area contributed by atoms with Crippen molar-refractivity contribution < 1.29 is 0 Å². The van der Waals surface area contributed by atoms with E-state index in [9.17, 15) is 0 Å². The molecule has 0 unspecified atom stereocenters. The van der Waals surface area contributed by atoms with Gasteiger partial charge >= 0.3 is 0 Å². The van der Waals surface area contributed by atoms with Crippen LogP contribution in [0.25, 0.3) is 0 Å². The number of pyridine rings is 1. The summed E-state index contributed by atoms with van der Waals surface area (Å²) in [7, 11) is 0. The molecule has 0 saturated carbocycles. The van der Waals surface area contributed by atoms with Crippen molar-refractivity contribution in [3.63, 3.8) is 0 Å². The van der Waals surface area contributed by atoms with Crippen LogP contribution in [0, 0.1) is 0 Å². The summed E-state index contributed by atoms with van der Waals surface area (Å²) >= 11 is 0. The summed E-state index contributed by atoms with van der Waals surface area (Å²) in [5, 5.41) is 3.45. The fraction of sp³-hybridized carbons (Fsp3) is 0.684. The summed E-state index contributed by atoms with van der Waals surface area (Å²) in [4.78, 5) is 16.5. The normalized spacial score (nSPS) is 15.4. The molecule has 0 atom stereocenters. The third-order valence-corrected chi connectivity index (χ3v) is 4.67. The third kappa shape index (κ3) is 6.90. The standard InChI is InChI=1S/C19H34N6.HI/c1-5-20-19(22-11-12-23(6-2)17(3)4)25-15-13-24(14-16-25)18-9-7-8-10-21-18;/h7-10,17H,5-6,11-16H2,1-4H3,(H,20,22);1H. The first-order valence-electron chi connectivity index (χ1n) is 9.59. The number of rotatable bonds is 7. The monoisotopic (exact) mass is 474 g/mol. The van der Waals surface area contributed by atoms with E-state index in [1.54, 1.807) is 0 Å². The summed E-state index contributed by atoms with van der Waals surface area (Å²) in [6.07, 6.45) is 1.86. The fourth-order valence-corrected chi connectivity index (χ4v) is 3.18. The SMILES string of the molecule is CCNC(=NCCN(CC)C(C)C)N1CCN(c2ccccn2)CC1.I. The topological polar surface area (TPSA) is 47.0 Å². The third-order valence-electron chi connectivity index (χ3n) is 4.67. The van der Waals surface area contributed by atoms with Gasteiger partial charge in [-0.1, -0.05) is 13.0 Å². The Morgan fingerprint density at radius 3 is 2.50 bits per heavy atom. The number of aliphatic imine (C=N–C) groups is 1. The number of halogens is 1. The molecule has 6 nitrogen and oxygen atoms in total. The fourth-order valence-electron chi connectivity index (χ4n) is 3.18. The lowest BCUT2D eigenvalue weighted by Crippen LogP contribution is -2.53. The number of likely N-dealkylation sites (N-methyl/N-ethyl adjacent to an activating group) is 1. The van der Waals surface area contributed by atoms with Gasteiger partial charge in [-0.25, -0.2) is 4.98 Å². The van der Waals surface area contributed by atoms with Crippen molar-refractivity contribution in [1.82, 2.24) is 20.1 Å². The molecular formula is C19H35IN6. The summed E-state index contributed by atoms with van der Waals surface area (Å²) in [6.45, 7) is 16.6. The molecule has 2 heterocycles. The van der Waals surface area contributed by atoms with Gasteiger partial charge in [0.25, 0.3) is 0 Å². The second kappa shape index (κ2) is 12.3. The Kier molecular flexibility index (Phi) is 10.9. The van der Waals surface area contributed by atoms with Crippen LogP contribution >= 0.6 is 24.0 Å². The van der Waals surface area contributed by atoms with E-state index < -0.39 is 0 Å². The van der Waals surface area contributed by atoms with Gasteiger partial charge in [-0.3, -0.25) is 9.89 Å². The minimum absolute atomic E-state index is 0. The first-order chi connectivity index (χ1) is 12.2. The quantitative estimate of drug-likeness (QED) is 0.374. The number of nitrogens with zero attached hydrogens (tertiary/aromatic N) is 5. The second-order valence-electron chi connectivity index (χ2n) is 6.62. The van der Waals surface area contributed by atoms with E-state index in [-0.39, 0.29) is 24.0 Å². The van der Waals surface area contributed by atoms with Gasteiger partial charge in [0.2, 0.25) is 0 Å². The van der Waals surface area contributed by atoms with Crippen LogP contribution in [0.1, 0.15) is 27.7 Å². The molecule has 0 spiro atoms. The van der Waals surface area contributed by atoms with E-state index in [1.807, 2.05) is 12.3 Å². The second-order valence-corrected chi connectivity index (χ2v) is 6.62. The van der Waals surface area contributed by atoms with Crippen molar-refractivity contribution in [2.24, 2.45) is 4.99 Å². The summed E-state index contributed by atoms with van der Waals surface area (Å²) in [6, 6.07) is 6.67. The van der Waals surface area contributed by atoms with E-state index in [4.69, 9.17) is 4.99 Å². The Bertz CT molecular complexity index is 514. The molecule has 0 bridgehead atoms. The van der Waals surface area contributed by atoms with Gasteiger partial charge < -0.3 is 15.1 Å². The highest BCUT2D eigenvalue weighted by molar-refractivity contribution is 14.0. The number of guanidine groups is 1. The van der Waals surface area contributed by atoms with Crippen molar-refractivity contribution in [2.45, 2.75) is 33.7 Å². The zero-order valence-corrected chi connectivity index (χ0v) is 19.0. The minimum Gasteiger partial charge on any atom is -0.357 e. The highest BCUT2D eigenvalue weighted by Gasteiger charge is 2.20. The van der Waals surface area contributed by atoms with E-state index in [0.717, 1.165) is 64.1 Å². The minimum atomic E-state index is 0. The van der Waals surface area contributed by atoms with Gasteiger partial charge in [-0.2, -0.15) is 0 Å². The van der Waals surface area contributed by atoms with E-state index in [0.29, 0.717) is 6.04 Å². The molecular weight excluding hydrogens is 439 g/mol. The molecule has 2 rings (SSSR count). The molecule has 26 heavy (non-hydrogen) atoms. The van der Waals surface area contributed by atoms with Gasteiger partial charge in [0.15, 0.2) is 5.96 Å². The zero-order chi connectivity index (χ0) is 18.1. The first kappa shape index (κ1) is 23.0. The van der Waals surface area contributed by atoms with Crippen molar-refractivity contribution >= 4 is 35.8 Å². The molecule has 1 N–H and O–H groups in total. The molecule has 1 aliphatic heterocycles. The molecule has 1 aromatic rings. The molecule has 0 aliphatic carbocycles. The highest BCUT2D eigenvalue weighted by atomic mass is 127. The van der Waals surface area contributed by atoms with Crippen LogP contribution in [-0.4, -0.2) is 79.1 Å². The van der Waals surface area contributed by atoms with Crippen LogP contribution in [0.4, 0.5) is 5.82 Å². The summed E-state index contributed by atoms with van der Waals surface area (Å²) in [5.41, 5.74) is 0. The smallest absolute Gasteiger partial charge is 0.194 e. The lowest BCUT2D eigenvalue weighted by atomic mass is 10.3. The van der Waals surface area contributed by atoms with Crippen LogP contribution in [0.5, 0.6) is 0 Å². The highest BCUT2D eigenvalue weighted by Crippen LogP contribution is 2.12. The van der Waals surface area contributed by atoms with Crippen LogP contribution < -0.4 is 10.2 Å². The average molecular weight is 474 g/mol. The lowest BCUT2D eigenvalue weighted by molar-refractivity contribution is 0.240. The van der Waals surface area contributed by atoms with Crippen LogP contribution in [0.3, 0.4) is 0 Å². The van der Waals surface area contributed by atoms with Crippen molar-refractivity contribution in [2.75, 3.05) is 57.3 Å². The van der Waals surface area contributed by atoms with E-state index in [1.165, 1.54) is 0 Å². The number of anilines is 1. The number of piperazine rings is 1. The zero-order valence-electron chi connectivity index (χ0n) is 16.7. The molecule has 0 amide bonds. The van der Waals surface area contributed by atoms with E-state index >= 15 is 0 Å².